The Morgan fingerprint density at radius 1 is 1.50 bits per heavy atom. The molecule has 92 valence electrons. The molecule has 0 radical (unpaired) electrons. The SMILES string of the molecule is C=C[C@]1(C)CC[C@@H](C(C)(C)O)C[C@@H]1C(=C)C. The highest BCUT2D eigenvalue weighted by Gasteiger charge is 2.42. The third kappa shape index (κ3) is 2.57. The summed E-state index contributed by atoms with van der Waals surface area (Å²) in [5.41, 5.74) is 0.806. The van der Waals surface area contributed by atoms with E-state index in [0.29, 0.717) is 11.8 Å². The van der Waals surface area contributed by atoms with Crippen LogP contribution in [0.3, 0.4) is 0 Å². The summed E-state index contributed by atoms with van der Waals surface area (Å²) in [7, 11) is 0. The highest BCUT2D eigenvalue weighted by molar-refractivity contribution is 5.12. The van der Waals surface area contributed by atoms with Crippen LogP contribution in [-0.2, 0) is 0 Å². The third-order valence-corrected chi connectivity index (χ3v) is 4.41. The zero-order valence-electron chi connectivity index (χ0n) is 11.2. The minimum atomic E-state index is -0.573. The molecule has 0 aromatic carbocycles. The Balaban J connectivity index is 2.90. The molecule has 1 rings (SSSR count). The molecule has 1 nitrogen and oxygen atoms in total. The number of allylic oxidation sites excluding steroid dienone is 2. The molecule has 16 heavy (non-hydrogen) atoms. The van der Waals surface area contributed by atoms with E-state index in [1.54, 1.807) is 0 Å². The Morgan fingerprint density at radius 3 is 2.44 bits per heavy atom. The highest BCUT2D eigenvalue weighted by Crippen LogP contribution is 2.49. The lowest BCUT2D eigenvalue weighted by atomic mass is 9.60. The topological polar surface area (TPSA) is 20.2 Å². The molecular weight excluding hydrogens is 196 g/mol. The fourth-order valence-corrected chi connectivity index (χ4v) is 2.98. The first-order valence-electron chi connectivity index (χ1n) is 6.22. The molecule has 0 bridgehead atoms. The first kappa shape index (κ1) is 13.5. The van der Waals surface area contributed by atoms with Crippen molar-refractivity contribution in [3.8, 4) is 0 Å². The maximum absolute atomic E-state index is 10.1. The molecule has 1 aliphatic carbocycles. The molecule has 1 saturated carbocycles. The van der Waals surface area contributed by atoms with Crippen LogP contribution in [-0.4, -0.2) is 10.7 Å². The fraction of sp³-hybridized carbons (Fsp3) is 0.733. The van der Waals surface area contributed by atoms with Gasteiger partial charge in [0.15, 0.2) is 0 Å². The molecule has 0 spiro atoms. The van der Waals surface area contributed by atoms with Gasteiger partial charge < -0.3 is 5.11 Å². The maximum atomic E-state index is 10.1. The van der Waals surface area contributed by atoms with Crippen LogP contribution >= 0.6 is 0 Å². The summed E-state index contributed by atoms with van der Waals surface area (Å²) in [4.78, 5) is 0. The van der Waals surface area contributed by atoms with Gasteiger partial charge in [-0.1, -0.05) is 25.2 Å². The molecule has 0 saturated heterocycles. The zero-order valence-corrected chi connectivity index (χ0v) is 11.2. The Morgan fingerprint density at radius 2 is 2.06 bits per heavy atom. The van der Waals surface area contributed by atoms with Crippen molar-refractivity contribution >= 4 is 0 Å². The van der Waals surface area contributed by atoms with Gasteiger partial charge in [0.2, 0.25) is 0 Å². The number of hydrogen-bond acceptors (Lipinski definition) is 1. The van der Waals surface area contributed by atoms with Crippen LogP contribution in [0.1, 0.15) is 47.0 Å². The van der Waals surface area contributed by atoms with Crippen molar-refractivity contribution in [1.29, 1.82) is 0 Å². The van der Waals surface area contributed by atoms with Crippen LogP contribution in [0.25, 0.3) is 0 Å². The second-order valence-corrected chi connectivity index (χ2v) is 6.23. The van der Waals surface area contributed by atoms with Gasteiger partial charge in [0.05, 0.1) is 5.60 Å². The third-order valence-electron chi connectivity index (χ3n) is 4.41. The van der Waals surface area contributed by atoms with Gasteiger partial charge in [-0.25, -0.2) is 0 Å². The van der Waals surface area contributed by atoms with E-state index in [1.807, 2.05) is 13.8 Å². The lowest BCUT2D eigenvalue weighted by molar-refractivity contribution is -0.0244. The Hall–Kier alpha value is -0.560. The van der Waals surface area contributed by atoms with Crippen LogP contribution < -0.4 is 0 Å². The standard InChI is InChI=1S/C15H26O/c1-7-15(6)9-8-12(14(4,5)16)10-13(15)11(2)3/h7,12-13,16H,1-2,8-10H2,3-6H3/t12-,13-,15-/m1/s1. The average Bonchev–Trinajstić information content (AvgIpc) is 2.16. The van der Waals surface area contributed by atoms with Crippen molar-refractivity contribution in [2.24, 2.45) is 17.3 Å². The van der Waals surface area contributed by atoms with Gasteiger partial charge in [-0.3, -0.25) is 0 Å². The summed E-state index contributed by atoms with van der Waals surface area (Å²) in [6.07, 6.45) is 5.28. The summed E-state index contributed by atoms with van der Waals surface area (Å²) in [5, 5.41) is 10.1. The van der Waals surface area contributed by atoms with Gasteiger partial charge in [-0.2, -0.15) is 0 Å². The quantitative estimate of drug-likeness (QED) is 0.717. The minimum Gasteiger partial charge on any atom is -0.390 e. The van der Waals surface area contributed by atoms with Gasteiger partial charge in [0, 0.05) is 0 Å². The number of rotatable bonds is 3. The predicted octanol–water partition coefficient (Wildman–Crippen LogP) is 3.94. The second kappa shape index (κ2) is 4.37. The molecule has 1 fully saturated rings. The van der Waals surface area contributed by atoms with E-state index < -0.39 is 5.60 Å². The molecule has 0 amide bonds. The van der Waals surface area contributed by atoms with Gasteiger partial charge >= 0.3 is 0 Å². The van der Waals surface area contributed by atoms with Crippen LogP contribution in [0, 0.1) is 17.3 Å². The summed E-state index contributed by atoms with van der Waals surface area (Å²) < 4.78 is 0. The monoisotopic (exact) mass is 222 g/mol. The average molecular weight is 222 g/mol. The van der Waals surface area contributed by atoms with Gasteiger partial charge in [-0.05, 0) is 57.3 Å². The van der Waals surface area contributed by atoms with Gasteiger partial charge in [0.1, 0.15) is 0 Å². The van der Waals surface area contributed by atoms with Crippen molar-refractivity contribution in [2.45, 2.75) is 52.6 Å². The van der Waals surface area contributed by atoms with E-state index in [9.17, 15) is 5.11 Å². The Bertz CT molecular complexity index is 284. The van der Waals surface area contributed by atoms with Gasteiger partial charge in [0.25, 0.3) is 0 Å². The normalized spacial score (nSPS) is 35.8. The largest absolute Gasteiger partial charge is 0.390 e. The first-order valence-corrected chi connectivity index (χ1v) is 6.22. The van der Waals surface area contributed by atoms with E-state index >= 15 is 0 Å². The molecule has 1 N–H and O–H groups in total. The van der Waals surface area contributed by atoms with E-state index in [0.717, 1.165) is 19.3 Å². The zero-order chi connectivity index (χ0) is 12.6. The van der Waals surface area contributed by atoms with Crippen molar-refractivity contribution in [2.75, 3.05) is 0 Å². The molecular formula is C15H26O. The number of hydrogen-bond donors (Lipinski definition) is 1. The first-order chi connectivity index (χ1) is 7.20. The Labute approximate surface area is 100 Å². The molecule has 0 aromatic heterocycles. The predicted molar refractivity (Wildman–Crippen MR) is 70.2 cm³/mol. The molecule has 0 unspecified atom stereocenters. The summed E-state index contributed by atoms with van der Waals surface area (Å²) in [6, 6.07) is 0. The lowest BCUT2D eigenvalue weighted by Crippen LogP contribution is -2.41. The smallest absolute Gasteiger partial charge is 0.0620 e. The second-order valence-electron chi connectivity index (χ2n) is 6.23. The number of aliphatic hydroxyl groups is 1. The van der Waals surface area contributed by atoms with Crippen LogP contribution in [0.2, 0.25) is 0 Å². The minimum absolute atomic E-state index is 0.160. The van der Waals surface area contributed by atoms with E-state index in [4.69, 9.17) is 0 Å². The van der Waals surface area contributed by atoms with Crippen LogP contribution in [0.15, 0.2) is 24.8 Å². The molecule has 1 heteroatoms. The fourth-order valence-electron chi connectivity index (χ4n) is 2.98. The molecule has 0 aromatic rings. The van der Waals surface area contributed by atoms with Crippen molar-refractivity contribution in [3.63, 3.8) is 0 Å². The Kier molecular flexibility index (Phi) is 3.69. The van der Waals surface area contributed by atoms with E-state index in [-0.39, 0.29) is 5.41 Å². The summed E-state index contributed by atoms with van der Waals surface area (Å²) in [6.45, 7) is 16.3. The lowest BCUT2D eigenvalue weighted by Gasteiger charge is -2.46. The molecule has 0 heterocycles. The molecule has 0 aliphatic heterocycles. The van der Waals surface area contributed by atoms with E-state index in [1.165, 1.54) is 5.57 Å². The molecule has 1 aliphatic rings. The summed E-state index contributed by atoms with van der Waals surface area (Å²) >= 11 is 0. The van der Waals surface area contributed by atoms with Crippen molar-refractivity contribution in [1.82, 2.24) is 0 Å². The van der Waals surface area contributed by atoms with Crippen molar-refractivity contribution in [3.05, 3.63) is 24.8 Å². The van der Waals surface area contributed by atoms with Crippen LogP contribution in [0.4, 0.5) is 0 Å². The van der Waals surface area contributed by atoms with Gasteiger partial charge in [-0.15, -0.1) is 6.58 Å². The maximum Gasteiger partial charge on any atom is 0.0620 e. The molecule has 3 atom stereocenters. The summed E-state index contributed by atoms with van der Waals surface area (Å²) in [5.74, 6) is 0.831. The van der Waals surface area contributed by atoms with Crippen molar-refractivity contribution < 1.29 is 5.11 Å². The highest BCUT2D eigenvalue weighted by atomic mass is 16.3. The van der Waals surface area contributed by atoms with Crippen LogP contribution in [0.5, 0.6) is 0 Å². The van der Waals surface area contributed by atoms with E-state index in [2.05, 4.69) is 33.1 Å².